The monoisotopic (exact) mass is 186 g/mol. The summed E-state index contributed by atoms with van der Waals surface area (Å²) < 4.78 is 5.30. The van der Waals surface area contributed by atoms with Crippen LogP contribution in [-0.2, 0) is 3.79 Å². The van der Waals surface area contributed by atoms with Gasteiger partial charge in [0.1, 0.15) is 0 Å². The molecule has 0 saturated carbocycles. The van der Waals surface area contributed by atoms with E-state index in [2.05, 4.69) is 38.9 Å². The first kappa shape index (κ1) is 14.4. The normalized spacial score (nSPS) is 11.1. The Morgan fingerprint density at radius 2 is 1.64 bits per heavy atom. The molecular formula is C8H20Al2O. The van der Waals surface area contributed by atoms with Crippen molar-refractivity contribution in [2.45, 2.75) is 38.4 Å². The Morgan fingerprint density at radius 1 is 1.27 bits per heavy atom. The van der Waals surface area contributed by atoms with E-state index >= 15 is 0 Å². The van der Waals surface area contributed by atoms with Gasteiger partial charge in [-0.25, -0.2) is 0 Å². The van der Waals surface area contributed by atoms with Crippen LogP contribution in [0.15, 0.2) is 0 Å². The van der Waals surface area contributed by atoms with Gasteiger partial charge in [-0.3, -0.25) is 0 Å². The molecular weight excluding hydrogens is 166 g/mol. The number of hydrogen-bond acceptors (Lipinski definition) is 1. The molecule has 1 nitrogen and oxygen atoms in total. The number of rotatable bonds is 3. The Morgan fingerprint density at radius 3 is 1.73 bits per heavy atom. The molecule has 0 rings (SSSR count). The molecule has 0 aromatic carbocycles. The van der Waals surface area contributed by atoms with Gasteiger partial charge in [0.05, 0.1) is 0 Å². The summed E-state index contributed by atoms with van der Waals surface area (Å²) in [5.41, 5.74) is 0. The Hall–Kier alpha value is 0.895. The van der Waals surface area contributed by atoms with Crippen LogP contribution in [0.3, 0.4) is 0 Å². The van der Waals surface area contributed by atoms with E-state index < -0.39 is 0 Å². The fourth-order valence-electron chi connectivity index (χ4n) is 0.331. The first-order valence-electron chi connectivity index (χ1n) is 4.28. The zero-order valence-electron chi connectivity index (χ0n) is 8.55. The van der Waals surface area contributed by atoms with Gasteiger partial charge in [-0.05, 0) is 5.92 Å². The summed E-state index contributed by atoms with van der Waals surface area (Å²) in [4.78, 5) is 0.483. The molecule has 0 N–H and O–H groups in total. The molecule has 0 heterocycles. The topological polar surface area (TPSA) is 9.23 Å². The van der Waals surface area contributed by atoms with E-state index in [-0.39, 0.29) is 15.6 Å². The van der Waals surface area contributed by atoms with E-state index in [0.29, 0.717) is 19.7 Å². The van der Waals surface area contributed by atoms with Gasteiger partial charge in [0.25, 0.3) is 0 Å². The Labute approximate surface area is 83.8 Å². The van der Waals surface area contributed by atoms with Gasteiger partial charge >= 0.3 is 57.2 Å². The fourth-order valence-corrected chi connectivity index (χ4v) is 1.98. The summed E-state index contributed by atoms with van der Waals surface area (Å²) in [5.74, 6) is 2.98. The fraction of sp³-hybridized carbons (Fsp3) is 0.875. The molecule has 0 radical (unpaired) electrons. The van der Waals surface area contributed by atoms with Gasteiger partial charge < -0.3 is 0 Å². The van der Waals surface area contributed by atoms with E-state index in [1.165, 1.54) is 0 Å². The van der Waals surface area contributed by atoms with E-state index in [9.17, 15) is 0 Å². The molecule has 0 aromatic heterocycles. The molecule has 0 spiro atoms. The van der Waals surface area contributed by atoms with Crippen molar-refractivity contribution in [2.24, 2.45) is 5.92 Å². The predicted octanol–water partition coefficient (Wildman–Crippen LogP) is 1.55. The molecule has 0 saturated heterocycles. The minimum atomic E-state index is -0.164. The van der Waals surface area contributed by atoms with Crippen molar-refractivity contribution >= 4 is 35.7 Å². The Balaban J connectivity index is 0. The average molecular weight is 186 g/mol. The van der Waals surface area contributed by atoms with E-state index in [1.807, 2.05) is 0 Å². The van der Waals surface area contributed by atoms with Crippen LogP contribution >= 0.6 is 0 Å². The summed E-state index contributed by atoms with van der Waals surface area (Å²) in [5, 5.41) is 3.78. The maximum absolute atomic E-state index is 5.30. The van der Waals surface area contributed by atoms with Crippen LogP contribution in [0, 0.1) is 5.92 Å². The standard InChI is InChI=1S/C4H10.C2H4O.CH3.CH2.2Al.H/c1-4(2)3;1-2-3;;;;;/h4H,1-3H3;2H,1H3;1H3;1H2;;;/q;-1;;;;+1;. The van der Waals surface area contributed by atoms with E-state index in [1.54, 1.807) is 0 Å². The van der Waals surface area contributed by atoms with Crippen molar-refractivity contribution < 1.29 is 3.79 Å². The predicted molar refractivity (Wildman–Crippen MR) is 56.9 cm³/mol. The van der Waals surface area contributed by atoms with Crippen molar-refractivity contribution in [1.29, 1.82) is 0 Å². The van der Waals surface area contributed by atoms with Gasteiger partial charge in [0.15, 0.2) is 0 Å². The van der Waals surface area contributed by atoms with Crippen LogP contribution in [0.4, 0.5) is 0 Å². The van der Waals surface area contributed by atoms with Crippen molar-refractivity contribution in [3.63, 3.8) is 0 Å². The van der Waals surface area contributed by atoms with Gasteiger partial charge in [0.2, 0.25) is 0 Å². The quantitative estimate of drug-likeness (QED) is 0.607. The summed E-state index contributed by atoms with van der Waals surface area (Å²) in [6.45, 7) is 8.60. The molecule has 3 heteroatoms. The Bertz CT molecular complexity index is 81.4. The summed E-state index contributed by atoms with van der Waals surface area (Å²) in [6.07, 6.45) is 0. The molecule has 0 fully saturated rings. The van der Waals surface area contributed by atoms with E-state index in [0.717, 1.165) is 5.92 Å². The molecule has 1 unspecified atom stereocenters. The zero-order chi connectivity index (χ0) is 9.28. The Kier molecular flexibility index (Phi) is 14.3. The van der Waals surface area contributed by atoms with Crippen molar-refractivity contribution in [1.82, 2.24) is 0 Å². The molecule has 11 heavy (non-hydrogen) atoms. The average Bonchev–Trinajstić information content (AvgIpc) is 1.87. The molecule has 0 aliphatic carbocycles. The molecule has 0 aliphatic heterocycles. The molecule has 0 aromatic rings. The van der Waals surface area contributed by atoms with Gasteiger partial charge in [-0.1, -0.05) is 20.8 Å². The second kappa shape index (κ2) is 10.9. The second-order valence-corrected chi connectivity index (χ2v) is 5.45. The SMILES string of the molecule is CC(C)C.[CH2]=[Al][CH](C)[O][AlH][CH3]. The van der Waals surface area contributed by atoms with Gasteiger partial charge in [0, 0.05) is 0 Å². The van der Waals surface area contributed by atoms with Crippen LogP contribution in [0.25, 0.3) is 0 Å². The third-order valence-corrected chi connectivity index (χ3v) is 2.86. The van der Waals surface area contributed by atoms with Crippen LogP contribution in [0.2, 0.25) is 5.79 Å². The maximum atomic E-state index is 5.30. The third-order valence-electron chi connectivity index (χ3n) is 0.761. The molecule has 1 atom stereocenters. The van der Waals surface area contributed by atoms with Gasteiger partial charge in [-0.2, -0.15) is 0 Å². The zero-order valence-corrected chi connectivity index (χ0v) is 11.1. The second-order valence-electron chi connectivity index (χ2n) is 3.13. The first-order chi connectivity index (χ1) is 5.04. The molecule has 64 valence electrons. The summed E-state index contributed by atoms with van der Waals surface area (Å²) >= 11 is 0.132. The van der Waals surface area contributed by atoms with Crippen LogP contribution in [-0.4, -0.2) is 40.7 Å². The first-order valence-corrected chi connectivity index (χ1v) is 7.76. The third kappa shape index (κ3) is 24.8. The molecule has 0 aliphatic rings. The van der Waals surface area contributed by atoms with Crippen molar-refractivity contribution in [2.75, 3.05) is 0 Å². The molecule has 0 amide bonds. The van der Waals surface area contributed by atoms with Crippen LogP contribution in [0.5, 0.6) is 0 Å². The molecule has 0 bridgehead atoms. The minimum absolute atomic E-state index is 0.164. The van der Waals surface area contributed by atoms with Crippen molar-refractivity contribution in [3.8, 4) is 0 Å². The summed E-state index contributed by atoms with van der Waals surface area (Å²) in [7, 11) is 0. The van der Waals surface area contributed by atoms with Crippen LogP contribution in [0.1, 0.15) is 27.7 Å². The van der Waals surface area contributed by atoms with Gasteiger partial charge in [-0.15, -0.1) is 0 Å². The summed E-state index contributed by atoms with van der Waals surface area (Å²) in [6, 6.07) is 0. The van der Waals surface area contributed by atoms with E-state index in [4.69, 9.17) is 3.79 Å². The van der Waals surface area contributed by atoms with Crippen LogP contribution < -0.4 is 0 Å². The van der Waals surface area contributed by atoms with Crippen molar-refractivity contribution in [3.05, 3.63) is 0 Å². The number of hydrogen-bond donors (Lipinski definition) is 0.